The first-order valence-electron chi connectivity index (χ1n) is 32.6. The molecule has 0 aromatic rings. The Kier molecular flexibility index (Phi) is 62.3. The highest BCUT2D eigenvalue weighted by Crippen LogP contribution is 2.47. The van der Waals surface area contributed by atoms with Gasteiger partial charge in [0.15, 0.2) is 6.49 Å². The summed E-state index contributed by atoms with van der Waals surface area (Å²) in [5.41, 5.74) is -0.136. The van der Waals surface area contributed by atoms with Gasteiger partial charge in [-0.2, -0.15) is 0 Å². The Balaban J connectivity index is 5.27. The molecule has 90 heavy (non-hydrogen) atoms. The average Bonchev–Trinajstić information content (AvgIpc) is 2.56. The van der Waals surface area contributed by atoms with Gasteiger partial charge in [-0.05, 0) is 76.0 Å². The Labute approximate surface area is 542 Å². The zero-order valence-electron chi connectivity index (χ0n) is 55.3. The van der Waals surface area contributed by atoms with Crippen LogP contribution in [0.1, 0.15) is 136 Å². The van der Waals surface area contributed by atoms with Crippen molar-refractivity contribution in [1.29, 1.82) is 0 Å². The number of unbranched alkanes of at least 4 members (excludes halogenated alkanes) is 11. The maximum absolute atomic E-state index is 14.1. The molecule has 0 bridgehead atoms. The fourth-order valence-corrected chi connectivity index (χ4v) is 9.14. The minimum atomic E-state index is -2.85. The number of aliphatic hydroxyl groups excluding tert-OH is 1. The molecule has 0 aliphatic carbocycles. The van der Waals surface area contributed by atoms with Crippen molar-refractivity contribution in [2.24, 2.45) is 5.92 Å². The summed E-state index contributed by atoms with van der Waals surface area (Å²) in [6, 6.07) is -1.97. The molecule has 0 rings (SSSR count). The lowest BCUT2D eigenvalue weighted by molar-refractivity contribution is -0.134. The Bertz CT molecular complexity index is 1790. The van der Waals surface area contributed by atoms with Gasteiger partial charge < -0.3 is 103 Å². The van der Waals surface area contributed by atoms with Crippen molar-refractivity contribution in [3.05, 3.63) is 0 Å². The third-order valence-electron chi connectivity index (χ3n) is 13.6. The Hall–Kier alpha value is -3.13. The summed E-state index contributed by atoms with van der Waals surface area (Å²) in [5, 5.41) is 27.0. The predicted octanol–water partition coefficient (Wildman–Crippen LogP) is 3.26. The van der Waals surface area contributed by atoms with Crippen LogP contribution in [0.15, 0.2) is 0 Å². The van der Waals surface area contributed by atoms with Crippen molar-refractivity contribution in [3.8, 4) is 0 Å². The van der Waals surface area contributed by atoms with Gasteiger partial charge in [0, 0.05) is 72.1 Å². The molecule has 0 aromatic heterocycles. The number of hydrogen-bond acceptors (Lipinski definition) is 21. The lowest BCUT2D eigenvalue weighted by Gasteiger charge is -2.23. The topological polar surface area (TPSA) is 335 Å². The molecule has 0 saturated heterocycles. The second kappa shape index (κ2) is 64.6. The highest BCUT2D eigenvalue weighted by atomic mass is 32.5. The number of carbonyl (C=O) groups is 6. The van der Waals surface area contributed by atoms with Crippen LogP contribution >= 0.6 is 6.49 Å². The molecule has 0 spiro atoms. The molecule has 6 amide bonds. The second-order valence-electron chi connectivity index (χ2n) is 21.8. The standard InChI is InChI=1S/C61H119N6O21PS/c1-52(2)89(75,90)88-48-53(47-68)21-14-18-25-62-56(69)24-13-11-9-7-6-8-10-12-17-28-65-60(73)54(22-15-19-26-63-57(70)49-85-44-41-82-38-35-79-32-29-76-3)67-61(74)55(66-59(72)51-87-46-43-84-40-37-81-34-31-78-5)23-16-20-27-64-58(71)50-86-45-42-83-39-36-80-33-30-77-4/h52-55,68H,6-51H2,1-5H3,(H,62,69)(H,63,70)(H,64,71)(H,65,73)(H,66,72)(H,67,74)(H,75,90). The van der Waals surface area contributed by atoms with Gasteiger partial charge in [-0.3, -0.25) is 28.8 Å². The van der Waals surface area contributed by atoms with Gasteiger partial charge in [0.2, 0.25) is 35.4 Å². The van der Waals surface area contributed by atoms with Crippen molar-refractivity contribution in [2.45, 2.75) is 154 Å². The molecule has 0 aliphatic rings. The van der Waals surface area contributed by atoms with E-state index in [-0.39, 0.29) is 108 Å². The quantitative estimate of drug-likeness (QED) is 0.0320. The summed E-state index contributed by atoms with van der Waals surface area (Å²) in [7, 11) is 4.79. The van der Waals surface area contributed by atoms with Crippen LogP contribution in [0.3, 0.4) is 0 Å². The van der Waals surface area contributed by atoms with Gasteiger partial charge in [-0.25, -0.2) is 0 Å². The molecule has 0 fully saturated rings. The summed E-state index contributed by atoms with van der Waals surface area (Å²) in [5.74, 6) is -2.09. The maximum atomic E-state index is 14.1. The van der Waals surface area contributed by atoms with Crippen molar-refractivity contribution in [2.75, 3.05) is 199 Å². The first kappa shape index (κ1) is 86.9. The van der Waals surface area contributed by atoms with Crippen molar-refractivity contribution in [3.63, 3.8) is 0 Å². The maximum Gasteiger partial charge on any atom is 0.246 e. The smallest absolute Gasteiger partial charge is 0.246 e. The zero-order chi connectivity index (χ0) is 66.2. The van der Waals surface area contributed by atoms with E-state index in [0.717, 1.165) is 77.0 Å². The molecule has 0 aliphatic heterocycles. The molecule has 530 valence electrons. The van der Waals surface area contributed by atoms with Crippen molar-refractivity contribution in [1.82, 2.24) is 31.9 Å². The van der Waals surface area contributed by atoms with Crippen LogP contribution in [0.5, 0.6) is 0 Å². The first-order valence-corrected chi connectivity index (χ1v) is 35.4. The van der Waals surface area contributed by atoms with E-state index in [1.807, 2.05) is 13.8 Å². The van der Waals surface area contributed by atoms with Gasteiger partial charge in [0.1, 0.15) is 31.9 Å². The molecule has 4 atom stereocenters. The third-order valence-corrected chi connectivity index (χ3v) is 17.0. The fraction of sp³-hybridized carbons (Fsp3) is 0.902. The first-order chi connectivity index (χ1) is 43.7. The minimum Gasteiger partial charge on any atom is -0.396 e. The summed E-state index contributed by atoms with van der Waals surface area (Å²) in [4.78, 5) is 88.7. The van der Waals surface area contributed by atoms with Crippen LogP contribution in [0, 0.1) is 5.92 Å². The average molecular weight is 1340 g/mol. The predicted molar refractivity (Wildman–Crippen MR) is 345 cm³/mol. The number of hydrogen-bond donors (Lipinski definition) is 8. The molecule has 27 nitrogen and oxygen atoms in total. The molecule has 29 heteroatoms. The molecule has 0 heterocycles. The van der Waals surface area contributed by atoms with E-state index in [4.69, 9.17) is 73.2 Å². The van der Waals surface area contributed by atoms with Gasteiger partial charge >= 0.3 is 0 Å². The highest BCUT2D eigenvalue weighted by molar-refractivity contribution is 8.09. The Morgan fingerprint density at radius 3 is 1.13 bits per heavy atom. The Morgan fingerprint density at radius 1 is 0.389 bits per heavy atom. The van der Waals surface area contributed by atoms with Crippen LogP contribution in [0.4, 0.5) is 0 Å². The van der Waals surface area contributed by atoms with Crippen molar-refractivity contribution >= 4 is 53.7 Å². The van der Waals surface area contributed by atoms with E-state index in [0.29, 0.717) is 151 Å². The number of amides is 6. The molecule has 4 unspecified atom stereocenters. The summed E-state index contributed by atoms with van der Waals surface area (Å²) < 4.78 is 69.3. The van der Waals surface area contributed by atoms with E-state index < -0.39 is 30.4 Å². The van der Waals surface area contributed by atoms with E-state index in [1.165, 1.54) is 0 Å². The number of carbonyl (C=O) groups excluding carboxylic acids is 6. The van der Waals surface area contributed by atoms with Gasteiger partial charge in [0.05, 0.1) is 126 Å². The van der Waals surface area contributed by atoms with E-state index in [2.05, 4.69) is 31.9 Å². The number of rotatable bonds is 69. The van der Waals surface area contributed by atoms with Gasteiger partial charge in [-0.1, -0.05) is 65.2 Å². The largest absolute Gasteiger partial charge is 0.396 e. The number of aliphatic hydroxyl groups is 1. The third kappa shape index (κ3) is 57.5. The van der Waals surface area contributed by atoms with Gasteiger partial charge in [0.25, 0.3) is 0 Å². The summed E-state index contributed by atoms with van der Waals surface area (Å²) in [6.07, 6.45) is 13.9. The normalized spacial score (nSPS) is 13.2. The van der Waals surface area contributed by atoms with Crippen LogP contribution in [0.25, 0.3) is 0 Å². The van der Waals surface area contributed by atoms with E-state index >= 15 is 0 Å². The van der Waals surface area contributed by atoms with E-state index in [9.17, 15) is 38.8 Å². The SMILES string of the molecule is COCCOCCOCCOCC(=O)NCCCCC(NC(=O)COCCOCCOCCOC)C(=O)NC(CCCCNC(=O)COCCOCCOCCOC)C(=O)NCCCCCCCCCCCC(=O)NCCCCC(CO)COP(O)(=S)C(C)C. The lowest BCUT2D eigenvalue weighted by atomic mass is 10.0. The number of ether oxygens (including phenoxy) is 12. The molecular formula is C61H119N6O21PS. The highest BCUT2D eigenvalue weighted by Gasteiger charge is 2.27. The molecule has 0 radical (unpaired) electrons. The number of methoxy groups -OCH3 is 3. The molecule has 0 aromatic carbocycles. The monoisotopic (exact) mass is 1330 g/mol. The lowest BCUT2D eigenvalue weighted by Crippen LogP contribution is -2.54. The van der Waals surface area contributed by atoms with Crippen LogP contribution < -0.4 is 31.9 Å². The van der Waals surface area contributed by atoms with Crippen LogP contribution in [0.2, 0.25) is 0 Å². The fourth-order valence-electron chi connectivity index (χ4n) is 8.24. The van der Waals surface area contributed by atoms with Gasteiger partial charge in [-0.15, -0.1) is 0 Å². The molecular weight excluding hydrogens is 1220 g/mol. The summed E-state index contributed by atoms with van der Waals surface area (Å²) >= 11 is 5.18. The minimum absolute atomic E-state index is 0.0416. The zero-order valence-corrected chi connectivity index (χ0v) is 57.1. The summed E-state index contributed by atoms with van der Waals surface area (Å²) in [6.45, 7) is 8.67. The number of nitrogens with one attached hydrogen (secondary N) is 6. The van der Waals surface area contributed by atoms with Crippen molar-refractivity contribution < 1.29 is 100 Å². The van der Waals surface area contributed by atoms with E-state index in [1.54, 1.807) is 21.3 Å². The second-order valence-corrected chi connectivity index (χ2v) is 25.7. The molecule has 8 N–H and O–H groups in total. The van der Waals surface area contributed by atoms with Crippen LogP contribution in [-0.4, -0.2) is 263 Å². The van der Waals surface area contributed by atoms with Crippen LogP contribution in [-0.2, 0) is 102 Å². The molecule has 0 saturated carbocycles. The Morgan fingerprint density at radius 2 is 0.722 bits per heavy atom.